The minimum absolute atomic E-state index is 0.0337. The van der Waals surface area contributed by atoms with Gasteiger partial charge in [0.05, 0.1) is 11.5 Å². The molecule has 0 bridgehead atoms. The summed E-state index contributed by atoms with van der Waals surface area (Å²) in [5, 5.41) is 11.0. The molecule has 1 fully saturated rings. The van der Waals surface area contributed by atoms with Crippen molar-refractivity contribution in [3.8, 4) is 0 Å². The number of carbonyl (C=O) groups excluding carboxylic acids is 1. The Morgan fingerprint density at radius 1 is 1.39 bits per heavy atom. The van der Waals surface area contributed by atoms with Gasteiger partial charge in [0.2, 0.25) is 5.91 Å². The summed E-state index contributed by atoms with van der Waals surface area (Å²) in [7, 11) is 0. The third-order valence-corrected chi connectivity index (χ3v) is 3.41. The second kappa shape index (κ2) is 6.16. The van der Waals surface area contributed by atoms with Crippen molar-refractivity contribution < 1.29 is 4.79 Å². The van der Waals surface area contributed by atoms with Gasteiger partial charge in [-0.05, 0) is 12.0 Å². The van der Waals surface area contributed by atoms with E-state index < -0.39 is 0 Å². The largest absolute Gasteiger partial charge is 0.303 e. The predicted molar refractivity (Wildman–Crippen MR) is 75.8 cm³/mol. The van der Waals surface area contributed by atoms with Crippen molar-refractivity contribution in [1.29, 1.82) is 0 Å². The molecule has 1 atom stereocenters. The average Bonchev–Trinajstić information content (AvgIpc) is 2.72. The molecule has 1 aromatic rings. The summed E-state index contributed by atoms with van der Waals surface area (Å²) in [6.07, 6.45) is 4.02. The molecule has 92 valence electrons. The van der Waals surface area contributed by atoms with Gasteiger partial charge in [0, 0.05) is 0 Å². The third-order valence-electron chi connectivity index (χ3n) is 2.31. The maximum Gasteiger partial charge on any atom is 0.239 e. The first-order chi connectivity index (χ1) is 8.79. The standard InChI is InChI=1S/C13H13N3OS/c1-2-6-11-12(17)15-13(18-11)16-14-9-10-7-4-3-5-8-10/h2-5,7-9,11H,1,6H2,(H,15,16,17)/t11-/m1/s1. The topological polar surface area (TPSA) is 53.8 Å². The SMILES string of the molecule is C=CC[C@H]1S/C(=N/N=Cc2ccccc2)NC1=O. The fraction of sp³-hybridized carbons (Fsp3) is 0.154. The maximum absolute atomic E-state index is 11.5. The molecule has 1 aromatic carbocycles. The highest BCUT2D eigenvalue weighted by Gasteiger charge is 2.28. The van der Waals surface area contributed by atoms with Crippen LogP contribution >= 0.6 is 11.8 Å². The van der Waals surface area contributed by atoms with Crippen LogP contribution in [0.5, 0.6) is 0 Å². The number of hydrogen-bond donors (Lipinski definition) is 1. The smallest absolute Gasteiger partial charge is 0.239 e. The van der Waals surface area contributed by atoms with Crippen LogP contribution in [-0.4, -0.2) is 22.5 Å². The van der Waals surface area contributed by atoms with Crippen molar-refractivity contribution in [2.45, 2.75) is 11.7 Å². The van der Waals surface area contributed by atoms with Gasteiger partial charge in [-0.15, -0.1) is 11.7 Å². The van der Waals surface area contributed by atoms with Gasteiger partial charge < -0.3 is 5.32 Å². The zero-order valence-electron chi connectivity index (χ0n) is 9.74. The normalized spacial score (nSPS) is 21.4. The molecule has 18 heavy (non-hydrogen) atoms. The molecule has 1 N–H and O–H groups in total. The van der Waals surface area contributed by atoms with E-state index >= 15 is 0 Å². The molecule has 0 aromatic heterocycles. The minimum Gasteiger partial charge on any atom is -0.303 e. The van der Waals surface area contributed by atoms with Crippen molar-refractivity contribution in [2.24, 2.45) is 10.2 Å². The van der Waals surface area contributed by atoms with Crippen LogP contribution in [0.25, 0.3) is 0 Å². The summed E-state index contributed by atoms with van der Waals surface area (Å²) >= 11 is 1.38. The second-order valence-corrected chi connectivity index (χ2v) is 4.87. The van der Waals surface area contributed by atoms with Crippen molar-refractivity contribution in [2.75, 3.05) is 0 Å². The molecule has 4 nitrogen and oxygen atoms in total. The zero-order chi connectivity index (χ0) is 12.8. The van der Waals surface area contributed by atoms with Gasteiger partial charge >= 0.3 is 0 Å². The Balaban J connectivity index is 1.97. The quantitative estimate of drug-likeness (QED) is 0.512. The third kappa shape index (κ3) is 3.30. The molecule has 1 aliphatic rings. The van der Waals surface area contributed by atoms with E-state index in [4.69, 9.17) is 0 Å². The van der Waals surface area contributed by atoms with E-state index in [9.17, 15) is 4.79 Å². The lowest BCUT2D eigenvalue weighted by atomic mass is 10.2. The first-order valence-corrected chi connectivity index (χ1v) is 6.42. The van der Waals surface area contributed by atoms with E-state index in [2.05, 4.69) is 22.1 Å². The molecular weight excluding hydrogens is 246 g/mol. The molecule has 1 heterocycles. The lowest BCUT2D eigenvalue weighted by Crippen LogP contribution is -2.24. The van der Waals surface area contributed by atoms with Crippen molar-refractivity contribution in [3.63, 3.8) is 0 Å². The fourth-order valence-electron chi connectivity index (χ4n) is 1.45. The van der Waals surface area contributed by atoms with Gasteiger partial charge in [-0.2, -0.15) is 5.10 Å². The van der Waals surface area contributed by atoms with E-state index in [1.165, 1.54) is 11.8 Å². The predicted octanol–water partition coefficient (Wildman–Crippen LogP) is 2.18. The molecule has 0 unspecified atom stereocenters. The summed E-state index contributed by atoms with van der Waals surface area (Å²) in [6, 6.07) is 9.67. The Morgan fingerprint density at radius 2 is 2.17 bits per heavy atom. The van der Waals surface area contributed by atoms with Crippen LogP contribution in [0.15, 0.2) is 53.2 Å². The molecule has 0 aliphatic carbocycles. The molecule has 1 saturated heterocycles. The van der Waals surface area contributed by atoms with Gasteiger partial charge in [0.25, 0.3) is 0 Å². The second-order valence-electron chi connectivity index (χ2n) is 3.68. The molecular formula is C13H13N3OS. The molecule has 1 aliphatic heterocycles. The summed E-state index contributed by atoms with van der Waals surface area (Å²) in [4.78, 5) is 11.5. The molecule has 5 heteroatoms. The van der Waals surface area contributed by atoms with E-state index in [-0.39, 0.29) is 11.2 Å². The number of thioether (sulfide) groups is 1. The number of amides is 1. The van der Waals surface area contributed by atoms with Crippen molar-refractivity contribution >= 4 is 29.1 Å². The Labute approximate surface area is 110 Å². The lowest BCUT2D eigenvalue weighted by Gasteiger charge is -1.96. The van der Waals surface area contributed by atoms with Crippen molar-refractivity contribution in [3.05, 3.63) is 48.6 Å². The molecule has 1 amide bonds. The Hall–Kier alpha value is -1.88. The number of amidine groups is 1. The van der Waals surface area contributed by atoms with Crippen molar-refractivity contribution in [1.82, 2.24) is 5.32 Å². The number of hydrogen-bond acceptors (Lipinski definition) is 4. The lowest BCUT2D eigenvalue weighted by molar-refractivity contribution is -0.118. The van der Waals surface area contributed by atoms with Gasteiger partial charge in [-0.25, -0.2) is 0 Å². The number of carbonyl (C=O) groups is 1. The zero-order valence-corrected chi connectivity index (χ0v) is 10.6. The highest BCUT2D eigenvalue weighted by Crippen LogP contribution is 2.22. The van der Waals surface area contributed by atoms with Gasteiger partial charge in [0.15, 0.2) is 5.17 Å². The van der Waals surface area contributed by atoms with Crippen LogP contribution < -0.4 is 5.32 Å². The Morgan fingerprint density at radius 3 is 2.89 bits per heavy atom. The van der Waals surface area contributed by atoms with Gasteiger partial charge in [0.1, 0.15) is 0 Å². The van der Waals surface area contributed by atoms with Crippen LogP contribution in [0.2, 0.25) is 0 Å². The average molecular weight is 259 g/mol. The monoisotopic (exact) mass is 259 g/mol. The summed E-state index contributed by atoms with van der Waals surface area (Å²) in [5.41, 5.74) is 0.971. The number of nitrogens with one attached hydrogen (secondary N) is 1. The van der Waals surface area contributed by atoms with Crippen LogP contribution in [0, 0.1) is 0 Å². The first kappa shape index (κ1) is 12.6. The van der Waals surface area contributed by atoms with Gasteiger partial charge in [-0.1, -0.05) is 48.2 Å². The number of rotatable bonds is 4. The number of allylic oxidation sites excluding steroid dienone is 1. The maximum atomic E-state index is 11.5. The van der Waals surface area contributed by atoms with Gasteiger partial charge in [-0.3, -0.25) is 4.79 Å². The molecule has 0 spiro atoms. The highest BCUT2D eigenvalue weighted by molar-refractivity contribution is 8.15. The first-order valence-electron chi connectivity index (χ1n) is 5.54. The number of benzene rings is 1. The Bertz CT molecular complexity index is 496. The summed E-state index contributed by atoms with van der Waals surface area (Å²) < 4.78 is 0. The number of nitrogens with zero attached hydrogens (tertiary/aromatic N) is 2. The molecule has 2 rings (SSSR count). The molecule has 0 saturated carbocycles. The fourth-order valence-corrected chi connectivity index (χ4v) is 2.37. The van der Waals surface area contributed by atoms with Crippen LogP contribution in [0.3, 0.4) is 0 Å². The molecule has 0 radical (unpaired) electrons. The van der Waals surface area contributed by atoms with Crippen LogP contribution in [0.1, 0.15) is 12.0 Å². The summed E-state index contributed by atoms with van der Waals surface area (Å²) in [5.74, 6) is -0.0337. The highest BCUT2D eigenvalue weighted by atomic mass is 32.2. The van der Waals surface area contributed by atoms with E-state index in [0.717, 1.165) is 5.56 Å². The van der Waals surface area contributed by atoms with E-state index in [0.29, 0.717) is 11.6 Å². The minimum atomic E-state index is -0.131. The summed E-state index contributed by atoms with van der Waals surface area (Å²) in [6.45, 7) is 3.62. The van der Waals surface area contributed by atoms with Crippen LogP contribution in [0.4, 0.5) is 0 Å². The van der Waals surface area contributed by atoms with E-state index in [1.54, 1.807) is 12.3 Å². The van der Waals surface area contributed by atoms with E-state index in [1.807, 2.05) is 30.3 Å². The van der Waals surface area contributed by atoms with Crippen LogP contribution in [-0.2, 0) is 4.79 Å². The Kier molecular flexibility index (Phi) is 4.30.